The first-order chi connectivity index (χ1) is 11.7. The van der Waals surface area contributed by atoms with Gasteiger partial charge < -0.3 is 11.1 Å². The third-order valence-corrected chi connectivity index (χ3v) is 5.31. The van der Waals surface area contributed by atoms with Gasteiger partial charge >= 0.3 is 0 Å². The molecule has 0 saturated heterocycles. The van der Waals surface area contributed by atoms with Gasteiger partial charge in [0.05, 0.1) is 11.9 Å². The number of nitrogens with zero attached hydrogens (tertiary/aromatic N) is 4. The molecule has 2 heterocycles. The van der Waals surface area contributed by atoms with E-state index >= 15 is 0 Å². The molecule has 2 fully saturated rings. The third-order valence-electron chi connectivity index (χ3n) is 5.31. The Morgan fingerprint density at radius 3 is 2.71 bits per heavy atom. The summed E-state index contributed by atoms with van der Waals surface area (Å²) >= 11 is 0. The molecule has 4 rings (SSSR count). The Morgan fingerprint density at radius 2 is 1.96 bits per heavy atom. The van der Waals surface area contributed by atoms with E-state index in [1.807, 2.05) is 17.9 Å². The topological polar surface area (TPSA) is 81.7 Å². The van der Waals surface area contributed by atoms with Crippen LogP contribution in [-0.2, 0) is 13.5 Å². The number of hydrogen-bond acceptors (Lipinski definition) is 5. The van der Waals surface area contributed by atoms with Crippen molar-refractivity contribution in [3.8, 4) is 11.3 Å². The molecule has 2 aromatic heterocycles. The van der Waals surface area contributed by atoms with E-state index in [0.717, 1.165) is 55.1 Å². The van der Waals surface area contributed by atoms with Crippen LogP contribution in [0.15, 0.2) is 18.6 Å². The fourth-order valence-corrected chi connectivity index (χ4v) is 3.57. The first kappa shape index (κ1) is 15.6. The summed E-state index contributed by atoms with van der Waals surface area (Å²) in [5.41, 5.74) is 9.38. The normalized spacial score (nSPS) is 24.1. The predicted octanol–water partition coefficient (Wildman–Crippen LogP) is 2.51. The maximum absolute atomic E-state index is 5.99. The molecule has 24 heavy (non-hydrogen) atoms. The van der Waals surface area contributed by atoms with Crippen molar-refractivity contribution in [2.45, 2.75) is 57.0 Å². The Hall–Kier alpha value is -1.95. The van der Waals surface area contributed by atoms with Crippen LogP contribution in [0.25, 0.3) is 11.3 Å². The van der Waals surface area contributed by atoms with Gasteiger partial charge in [0, 0.05) is 36.5 Å². The first-order valence-electron chi connectivity index (χ1n) is 9.04. The van der Waals surface area contributed by atoms with Crippen LogP contribution in [0.3, 0.4) is 0 Å². The summed E-state index contributed by atoms with van der Waals surface area (Å²) in [4.78, 5) is 8.90. The number of aryl methyl sites for hydroxylation is 1. The zero-order valence-electron chi connectivity index (χ0n) is 14.3. The standard InChI is InChI=1S/C18H26N6/c1-24-17(8-12-2-3-12)15(10-22-24)16-9-18(21-11-20-16)23-14-6-4-13(19)5-7-14/h9-14H,2-8,19H2,1H3,(H,20,21,23)/t13-,14-. The summed E-state index contributed by atoms with van der Waals surface area (Å²) < 4.78 is 1.99. The van der Waals surface area contributed by atoms with Crippen molar-refractivity contribution in [3.63, 3.8) is 0 Å². The average molecular weight is 326 g/mol. The molecule has 6 nitrogen and oxygen atoms in total. The Morgan fingerprint density at radius 1 is 1.17 bits per heavy atom. The van der Waals surface area contributed by atoms with Crippen LogP contribution < -0.4 is 11.1 Å². The average Bonchev–Trinajstić information content (AvgIpc) is 3.33. The van der Waals surface area contributed by atoms with Gasteiger partial charge in [-0.2, -0.15) is 5.10 Å². The molecule has 0 aromatic carbocycles. The van der Waals surface area contributed by atoms with Gasteiger partial charge in [0.25, 0.3) is 0 Å². The second-order valence-corrected chi connectivity index (χ2v) is 7.32. The number of nitrogens with one attached hydrogen (secondary N) is 1. The van der Waals surface area contributed by atoms with E-state index in [1.54, 1.807) is 6.33 Å². The third kappa shape index (κ3) is 3.43. The summed E-state index contributed by atoms with van der Waals surface area (Å²) in [6.45, 7) is 0. The predicted molar refractivity (Wildman–Crippen MR) is 94.5 cm³/mol. The lowest BCUT2D eigenvalue weighted by Crippen LogP contribution is -2.33. The van der Waals surface area contributed by atoms with E-state index in [1.165, 1.54) is 18.5 Å². The highest BCUT2D eigenvalue weighted by molar-refractivity contribution is 5.64. The molecule has 0 radical (unpaired) electrons. The van der Waals surface area contributed by atoms with E-state index in [0.29, 0.717) is 12.1 Å². The molecular weight excluding hydrogens is 300 g/mol. The van der Waals surface area contributed by atoms with Gasteiger partial charge in [-0.1, -0.05) is 0 Å². The van der Waals surface area contributed by atoms with Crippen molar-refractivity contribution >= 4 is 5.82 Å². The van der Waals surface area contributed by atoms with E-state index in [9.17, 15) is 0 Å². The fraction of sp³-hybridized carbons (Fsp3) is 0.611. The fourth-order valence-electron chi connectivity index (χ4n) is 3.57. The Kier molecular flexibility index (Phi) is 4.22. The molecule has 0 aliphatic heterocycles. The van der Waals surface area contributed by atoms with Crippen LogP contribution in [0.1, 0.15) is 44.2 Å². The summed E-state index contributed by atoms with van der Waals surface area (Å²) in [6, 6.07) is 2.89. The molecular formula is C18H26N6. The highest BCUT2D eigenvalue weighted by Crippen LogP contribution is 2.35. The summed E-state index contributed by atoms with van der Waals surface area (Å²) in [5.74, 6) is 1.73. The van der Waals surface area contributed by atoms with Gasteiger partial charge in [-0.15, -0.1) is 0 Å². The molecule has 0 atom stereocenters. The Bertz CT molecular complexity index is 697. The van der Waals surface area contributed by atoms with Crippen LogP contribution >= 0.6 is 0 Å². The van der Waals surface area contributed by atoms with Crippen LogP contribution in [0, 0.1) is 5.92 Å². The minimum Gasteiger partial charge on any atom is -0.367 e. The molecule has 2 aliphatic rings. The van der Waals surface area contributed by atoms with Crippen molar-refractivity contribution in [1.29, 1.82) is 0 Å². The van der Waals surface area contributed by atoms with Gasteiger partial charge in [0.15, 0.2) is 0 Å². The number of aromatic nitrogens is 4. The lowest BCUT2D eigenvalue weighted by Gasteiger charge is -2.27. The molecule has 2 aromatic rings. The maximum Gasteiger partial charge on any atom is 0.130 e. The molecule has 2 saturated carbocycles. The van der Waals surface area contributed by atoms with Crippen LogP contribution in [-0.4, -0.2) is 31.8 Å². The molecule has 0 unspecified atom stereocenters. The summed E-state index contributed by atoms with van der Waals surface area (Å²) in [7, 11) is 2.02. The summed E-state index contributed by atoms with van der Waals surface area (Å²) in [6.07, 6.45) is 11.8. The van der Waals surface area contributed by atoms with Crippen molar-refractivity contribution in [3.05, 3.63) is 24.3 Å². The number of nitrogens with two attached hydrogens (primary N) is 1. The Balaban J connectivity index is 1.52. The molecule has 0 amide bonds. The van der Waals surface area contributed by atoms with Gasteiger partial charge in [0.1, 0.15) is 12.1 Å². The zero-order valence-corrected chi connectivity index (χ0v) is 14.3. The van der Waals surface area contributed by atoms with Gasteiger partial charge in [-0.25, -0.2) is 9.97 Å². The van der Waals surface area contributed by atoms with Gasteiger partial charge in [0.2, 0.25) is 0 Å². The second kappa shape index (κ2) is 6.51. The lowest BCUT2D eigenvalue weighted by molar-refractivity contribution is 0.410. The largest absolute Gasteiger partial charge is 0.367 e. The molecule has 0 bridgehead atoms. The first-order valence-corrected chi connectivity index (χ1v) is 9.04. The number of rotatable bonds is 5. The minimum absolute atomic E-state index is 0.365. The van der Waals surface area contributed by atoms with Crippen LogP contribution in [0.5, 0.6) is 0 Å². The monoisotopic (exact) mass is 326 g/mol. The van der Waals surface area contributed by atoms with Gasteiger partial charge in [-0.05, 0) is 50.9 Å². The van der Waals surface area contributed by atoms with Crippen LogP contribution in [0.4, 0.5) is 5.82 Å². The van der Waals surface area contributed by atoms with E-state index in [4.69, 9.17) is 5.73 Å². The maximum atomic E-state index is 5.99. The number of anilines is 1. The highest BCUT2D eigenvalue weighted by Gasteiger charge is 2.25. The molecule has 6 heteroatoms. The number of hydrogen-bond donors (Lipinski definition) is 2. The van der Waals surface area contributed by atoms with Crippen molar-refractivity contribution < 1.29 is 0 Å². The quantitative estimate of drug-likeness (QED) is 0.882. The van der Waals surface area contributed by atoms with E-state index < -0.39 is 0 Å². The zero-order chi connectivity index (χ0) is 16.5. The SMILES string of the molecule is Cn1ncc(-c2cc(N[C@H]3CC[C@H](N)CC3)ncn2)c1CC1CC1. The van der Waals surface area contributed by atoms with Crippen LogP contribution in [0.2, 0.25) is 0 Å². The van der Waals surface area contributed by atoms with Crippen molar-refractivity contribution in [2.24, 2.45) is 18.7 Å². The molecule has 0 spiro atoms. The van der Waals surface area contributed by atoms with E-state index in [-0.39, 0.29) is 0 Å². The smallest absolute Gasteiger partial charge is 0.130 e. The minimum atomic E-state index is 0.365. The van der Waals surface area contributed by atoms with Crippen molar-refractivity contribution in [1.82, 2.24) is 19.7 Å². The molecule has 128 valence electrons. The van der Waals surface area contributed by atoms with Crippen molar-refractivity contribution in [2.75, 3.05) is 5.32 Å². The Labute approximate surface area is 142 Å². The van der Waals surface area contributed by atoms with Gasteiger partial charge in [-0.3, -0.25) is 4.68 Å². The molecule has 3 N–H and O–H groups in total. The molecule has 2 aliphatic carbocycles. The second-order valence-electron chi connectivity index (χ2n) is 7.32. The summed E-state index contributed by atoms with van der Waals surface area (Å²) in [5, 5.41) is 8.01. The lowest BCUT2D eigenvalue weighted by atomic mass is 9.92. The van der Waals surface area contributed by atoms with E-state index in [2.05, 4.69) is 26.4 Å². The highest BCUT2D eigenvalue weighted by atomic mass is 15.3.